The van der Waals surface area contributed by atoms with Crippen LogP contribution in [0.1, 0.15) is 23.2 Å². The molecule has 2 amide bonds. The van der Waals surface area contributed by atoms with Gasteiger partial charge in [0.2, 0.25) is 5.91 Å². The van der Waals surface area contributed by atoms with Crippen molar-refractivity contribution in [2.75, 3.05) is 25.7 Å². The van der Waals surface area contributed by atoms with Crippen molar-refractivity contribution in [3.05, 3.63) is 34.9 Å². The molecule has 0 aliphatic heterocycles. The first-order chi connectivity index (χ1) is 11.5. The van der Waals surface area contributed by atoms with Crippen molar-refractivity contribution in [1.29, 1.82) is 0 Å². The number of carbonyl (C=O) groups is 3. The summed E-state index contributed by atoms with van der Waals surface area (Å²) in [5, 5.41) is 5.60. The van der Waals surface area contributed by atoms with Gasteiger partial charge in [-0.15, -0.1) is 0 Å². The SMILES string of the molecule is COC(=O)[C@@H](CCSC)NC(=O)CCNC(=O)c1ccccc1Cl. The van der Waals surface area contributed by atoms with Crippen LogP contribution in [-0.2, 0) is 14.3 Å². The van der Waals surface area contributed by atoms with Gasteiger partial charge in [0, 0.05) is 13.0 Å². The summed E-state index contributed by atoms with van der Waals surface area (Å²) < 4.78 is 4.68. The van der Waals surface area contributed by atoms with E-state index in [0.29, 0.717) is 17.0 Å². The fourth-order valence-electron chi connectivity index (χ4n) is 1.92. The molecule has 0 bridgehead atoms. The lowest BCUT2D eigenvalue weighted by Gasteiger charge is -2.16. The first-order valence-electron chi connectivity index (χ1n) is 7.38. The molecule has 132 valence electrons. The highest BCUT2D eigenvalue weighted by atomic mass is 35.5. The minimum absolute atomic E-state index is 0.0585. The molecule has 0 aliphatic carbocycles. The Balaban J connectivity index is 2.43. The van der Waals surface area contributed by atoms with Crippen molar-refractivity contribution in [2.45, 2.75) is 18.9 Å². The summed E-state index contributed by atoms with van der Waals surface area (Å²) in [5.74, 6) is -0.424. The molecule has 0 unspecified atom stereocenters. The van der Waals surface area contributed by atoms with Gasteiger partial charge in [0.15, 0.2) is 0 Å². The maximum atomic E-state index is 12.0. The Hall–Kier alpha value is -1.73. The first-order valence-corrected chi connectivity index (χ1v) is 9.15. The van der Waals surface area contributed by atoms with Gasteiger partial charge in [0.05, 0.1) is 17.7 Å². The average Bonchev–Trinajstić information content (AvgIpc) is 2.58. The molecule has 6 nitrogen and oxygen atoms in total. The Morgan fingerprint density at radius 3 is 2.62 bits per heavy atom. The van der Waals surface area contributed by atoms with E-state index in [2.05, 4.69) is 15.4 Å². The van der Waals surface area contributed by atoms with Gasteiger partial charge in [0.1, 0.15) is 6.04 Å². The molecule has 1 atom stereocenters. The maximum absolute atomic E-state index is 12.0. The summed E-state index contributed by atoms with van der Waals surface area (Å²) in [6.07, 6.45) is 2.47. The number of benzene rings is 1. The van der Waals surface area contributed by atoms with Crippen LogP contribution in [0.15, 0.2) is 24.3 Å². The molecule has 1 rings (SSSR count). The Bertz CT molecular complexity index is 583. The lowest BCUT2D eigenvalue weighted by molar-refractivity contribution is -0.145. The van der Waals surface area contributed by atoms with Gasteiger partial charge in [-0.05, 0) is 30.6 Å². The number of thioether (sulfide) groups is 1. The van der Waals surface area contributed by atoms with Crippen LogP contribution in [0.2, 0.25) is 5.02 Å². The quantitative estimate of drug-likeness (QED) is 0.646. The third kappa shape index (κ3) is 6.80. The Morgan fingerprint density at radius 2 is 2.00 bits per heavy atom. The smallest absolute Gasteiger partial charge is 0.328 e. The summed E-state index contributed by atoms with van der Waals surface area (Å²) in [7, 11) is 1.28. The van der Waals surface area contributed by atoms with E-state index in [4.69, 9.17) is 11.6 Å². The number of amides is 2. The fraction of sp³-hybridized carbons (Fsp3) is 0.438. The highest BCUT2D eigenvalue weighted by molar-refractivity contribution is 7.98. The van der Waals surface area contributed by atoms with Crippen molar-refractivity contribution in [3.63, 3.8) is 0 Å². The van der Waals surface area contributed by atoms with Gasteiger partial charge in [0.25, 0.3) is 5.91 Å². The van der Waals surface area contributed by atoms with Crippen molar-refractivity contribution in [1.82, 2.24) is 10.6 Å². The highest BCUT2D eigenvalue weighted by Gasteiger charge is 2.20. The lowest BCUT2D eigenvalue weighted by atomic mass is 10.2. The number of methoxy groups -OCH3 is 1. The Labute approximate surface area is 150 Å². The van der Waals surface area contributed by atoms with Crippen molar-refractivity contribution >= 4 is 41.1 Å². The predicted molar refractivity (Wildman–Crippen MR) is 95.3 cm³/mol. The fourth-order valence-corrected chi connectivity index (χ4v) is 2.62. The van der Waals surface area contributed by atoms with Crippen molar-refractivity contribution in [2.24, 2.45) is 0 Å². The van der Waals surface area contributed by atoms with Gasteiger partial charge in [-0.25, -0.2) is 4.79 Å². The first kappa shape index (κ1) is 20.3. The zero-order valence-electron chi connectivity index (χ0n) is 13.6. The number of rotatable bonds is 9. The number of hydrogen-bond acceptors (Lipinski definition) is 5. The molecule has 1 aromatic rings. The lowest BCUT2D eigenvalue weighted by Crippen LogP contribution is -2.43. The van der Waals surface area contributed by atoms with E-state index in [9.17, 15) is 14.4 Å². The zero-order valence-corrected chi connectivity index (χ0v) is 15.2. The van der Waals surface area contributed by atoms with Crippen LogP contribution >= 0.6 is 23.4 Å². The highest BCUT2D eigenvalue weighted by Crippen LogP contribution is 2.14. The molecule has 8 heteroatoms. The van der Waals surface area contributed by atoms with Crippen LogP contribution in [0.5, 0.6) is 0 Å². The average molecular weight is 373 g/mol. The molecular weight excluding hydrogens is 352 g/mol. The molecule has 0 heterocycles. The monoisotopic (exact) mass is 372 g/mol. The number of ether oxygens (including phenoxy) is 1. The third-order valence-electron chi connectivity index (χ3n) is 3.19. The molecule has 24 heavy (non-hydrogen) atoms. The minimum Gasteiger partial charge on any atom is -0.467 e. The molecule has 0 spiro atoms. The molecule has 0 saturated heterocycles. The number of hydrogen-bond donors (Lipinski definition) is 2. The summed E-state index contributed by atoms with van der Waals surface area (Å²) in [5.41, 5.74) is 0.354. The molecule has 1 aromatic carbocycles. The molecule has 0 radical (unpaired) electrons. The zero-order chi connectivity index (χ0) is 17.9. The number of esters is 1. The number of carbonyl (C=O) groups excluding carboxylic acids is 3. The third-order valence-corrected chi connectivity index (χ3v) is 4.16. The maximum Gasteiger partial charge on any atom is 0.328 e. The van der Waals surface area contributed by atoms with Crippen LogP contribution in [-0.4, -0.2) is 49.5 Å². The summed E-state index contributed by atoms with van der Waals surface area (Å²) in [4.78, 5) is 35.5. The van der Waals surface area contributed by atoms with Crippen LogP contribution in [0.25, 0.3) is 0 Å². The molecule has 2 N–H and O–H groups in total. The predicted octanol–water partition coefficient (Wildman–Crippen LogP) is 1.87. The molecule has 0 fully saturated rings. The second-order valence-electron chi connectivity index (χ2n) is 4.91. The standard InChI is InChI=1S/C16H21ClN2O4S/c1-23-16(22)13(8-10-24-2)19-14(20)7-9-18-15(21)11-5-3-4-6-12(11)17/h3-6,13H,7-10H2,1-2H3,(H,18,21)(H,19,20)/t13-/m1/s1. The number of nitrogens with one attached hydrogen (secondary N) is 2. The molecule has 0 aliphatic rings. The van der Waals surface area contributed by atoms with E-state index < -0.39 is 12.0 Å². The summed E-state index contributed by atoms with van der Waals surface area (Å²) >= 11 is 7.51. The molecular formula is C16H21ClN2O4S. The van der Waals surface area contributed by atoms with Gasteiger partial charge >= 0.3 is 5.97 Å². The van der Waals surface area contributed by atoms with Gasteiger partial charge in [-0.3, -0.25) is 9.59 Å². The van der Waals surface area contributed by atoms with Crippen LogP contribution < -0.4 is 10.6 Å². The second-order valence-corrected chi connectivity index (χ2v) is 6.30. The van der Waals surface area contributed by atoms with Crippen molar-refractivity contribution < 1.29 is 19.1 Å². The molecule has 0 aromatic heterocycles. The van der Waals surface area contributed by atoms with Crippen molar-refractivity contribution in [3.8, 4) is 0 Å². The van der Waals surface area contributed by atoms with E-state index in [0.717, 1.165) is 5.75 Å². The van der Waals surface area contributed by atoms with E-state index in [1.807, 2.05) is 6.26 Å². The Morgan fingerprint density at radius 1 is 1.29 bits per heavy atom. The van der Waals surface area contributed by atoms with Crippen LogP contribution in [0.4, 0.5) is 0 Å². The summed E-state index contributed by atoms with van der Waals surface area (Å²) in [6, 6.07) is 5.99. The van der Waals surface area contributed by atoms with E-state index in [1.165, 1.54) is 7.11 Å². The topological polar surface area (TPSA) is 84.5 Å². The normalized spacial score (nSPS) is 11.5. The van der Waals surface area contributed by atoms with Crippen LogP contribution in [0, 0.1) is 0 Å². The van der Waals surface area contributed by atoms with Crippen LogP contribution in [0.3, 0.4) is 0 Å². The largest absolute Gasteiger partial charge is 0.467 e. The van der Waals surface area contributed by atoms with Gasteiger partial charge < -0.3 is 15.4 Å². The Kier molecular flexibility index (Phi) is 9.26. The minimum atomic E-state index is -0.672. The van der Waals surface area contributed by atoms with Gasteiger partial charge in [-0.2, -0.15) is 11.8 Å². The number of halogens is 1. The molecule has 0 saturated carbocycles. The van der Waals surface area contributed by atoms with Gasteiger partial charge in [-0.1, -0.05) is 23.7 Å². The summed E-state index contributed by atoms with van der Waals surface area (Å²) in [6.45, 7) is 0.145. The second kappa shape index (κ2) is 10.9. The van der Waals surface area contributed by atoms with E-state index in [-0.39, 0.29) is 24.8 Å². The van der Waals surface area contributed by atoms with E-state index in [1.54, 1.807) is 36.0 Å². The van der Waals surface area contributed by atoms with E-state index >= 15 is 0 Å².